The zero-order valence-corrected chi connectivity index (χ0v) is 23.9. The number of hydrogen-bond donors (Lipinski definition) is 1. The van der Waals surface area contributed by atoms with Crippen molar-refractivity contribution >= 4 is 24.1 Å². The van der Waals surface area contributed by atoms with E-state index in [0.29, 0.717) is 5.75 Å². The molecule has 1 aliphatic carbocycles. The van der Waals surface area contributed by atoms with Crippen molar-refractivity contribution in [3.8, 4) is 11.1 Å². The Hall–Kier alpha value is -4.61. The fourth-order valence-electron chi connectivity index (χ4n) is 5.89. The third kappa shape index (κ3) is 5.36. The summed E-state index contributed by atoms with van der Waals surface area (Å²) in [5, 5.41) is 2.82. The van der Waals surface area contributed by atoms with Crippen LogP contribution in [0.5, 0.6) is 0 Å². The first kappa shape index (κ1) is 27.6. The van der Waals surface area contributed by atoms with E-state index in [1.165, 1.54) is 11.1 Å². The van der Waals surface area contributed by atoms with E-state index in [1.54, 1.807) is 11.8 Å². The van der Waals surface area contributed by atoms with Crippen LogP contribution in [0.25, 0.3) is 11.1 Å². The van der Waals surface area contributed by atoms with E-state index in [9.17, 15) is 9.59 Å². The molecule has 6 rings (SSSR count). The highest BCUT2D eigenvalue weighted by Gasteiger charge is 2.38. The number of hydrogen-bond acceptors (Lipinski definition) is 4. The largest absolute Gasteiger partial charge is 0.449 e. The van der Waals surface area contributed by atoms with Crippen LogP contribution in [0.2, 0.25) is 0 Å². The maximum absolute atomic E-state index is 13.0. The highest BCUT2D eigenvalue weighted by atomic mass is 32.2. The first-order valence-electron chi connectivity index (χ1n) is 14.1. The quantitative estimate of drug-likeness (QED) is 0.138. The average molecular weight is 570 g/mol. The Labute approximate surface area is 250 Å². The van der Waals surface area contributed by atoms with Crippen LogP contribution in [-0.4, -0.2) is 30.8 Å². The molecule has 4 nitrogen and oxygen atoms in total. The predicted octanol–water partition coefficient (Wildman–Crippen LogP) is 7.82. The molecule has 5 heteroatoms. The average Bonchev–Trinajstić information content (AvgIpc) is 3.38. The lowest BCUT2D eigenvalue weighted by molar-refractivity contribution is -0.109. The molecule has 1 amide bonds. The van der Waals surface area contributed by atoms with Gasteiger partial charge in [-0.3, -0.25) is 0 Å². The van der Waals surface area contributed by atoms with Gasteiger partial charge in [-0.2, -0.15) is 0 Å². The zero-order valence-electron chi connectivity index (χ0n) is 23.1. The topological polar surface area (TPSA) is 55.4 Å². The van der Waals surface area contributed by atoms with Crippen LogP contribution < -0.4 is 5.32 Å². The molecule has 208 valence electrons. The predicted molar refractivity (Wildman–Crippen MR) is 170 cm³/mol. The van der Waals surface area contributed by atoms with Crippen molar-refractivity contribution in [2.45, 2.75) is 16.7 Å². The number of alkyl carbamates (subject to hydrolysis) is 1. The van der Waals surface area contributed by atoms with E-state index in [-0.39, 0.29) is 12.5 Å². The van der Waals surface area contributed by atoms with Crippen LogP contribution in [0.15, 0.2) is 140 Å². The van der Waals surface area contributed by atoms with Crippen LogP contribution in [0.3, 0.4) is 0 Å². The Kier molecular flexibility index (Phi) is 8.20. The molecule has 1 atom stereocenters. The molecule has 0 radical (unpaired) electrons. The second-order valence-electron chi connectivity index (χ2n) is 10.3. The lowest BCUT2D eigenvalue weighted by Gasteiger charge is -2.36. The molecule has 5 aromatic carbocycles. The molecule has 0 aliphatic heterocycles. The summed E-state index contributed by atoms with van der Waals surface area (Å²) in [5.41, 5.74) is 7.92. The summed E-state index contributed by atoms with van der Waals surface area (Å²) in [6.07, 6.45) is 0.194. The lowest BCUT2D eigenvalue weighted by atomic mass is 9.84. The van der Waals surface area contributed by atoms with Crippen LogP contribution >= 0.6 is 11.8 Å². The Bertz CT molecular complexity index is 1510. The van der Waals surface area contributed by atoms with Crippen molar-refractivity contribution in [3.05, 3.63) is 167 Å². The third-order valence-electron chi connectivity index (χ3n) is 7.83. The van der Waals surface area contributed by atoms with Gasteiger partial charge >= 0.3 is 6.09 Å². The molecule has 0 aromatic heterocycles. The molecule has 0 spiro atoms. The van der Waals surface area contributed by atoms with E-state index in [2.05, 4.69) is 66.0 Å². The number of carbonyl (C=O) groups excluding carboxylic acids is 2. The summed E-state index contributed by atoms with van der Waals surface area (Å²) in [6, 6.07) is 46.6. The number of aldehydes is 1. The lowest BCUT2D eigenvalue weighted by Crippen LogP contribution is -2.40. The fraction of sp³-hybridized carbons (Fsp3) is 0.135. The standard InChI is InChI=1S/C37H31NO3S/c39-24-30(38-36(40)41-25-35-33-22-12-10-20-31(33)32-21-11-13-23-34(32)35)26-42-37(27-14-4-1-5-15-27,28-16-6-2-7-17-28)29-18-8-3-9-19-29/h1-24,30,35H,25-26H2,(H,38,40)/t30-/m0/s1. The number of benzene rings is 5. The van der Waals surface area contributed by atoms with E-state index in [0.717, 1.165) is 34.1 Å². The zero-order chi connectivity index (χ0) is 28.8. The van der Waals surface area contributed by atoms with Crippen molar-refractivity contribution in [2.75, 3.05) is 12.4 Å². The highest BCUT2D eigenvalue weighted by Crippen LogP contribution is 2.48. The van der Waals surface area contributed by atoms with Crippen LogP contribution in [0.4, 0.5) is 4.79 Å². The van der Waals surface area contributed by atoms with E-state index in [1.807, 2.05) is 78.9 Å². The van der Waals surface area contributed by atoms with Gasteiger partial charge in [0.15, 0.2) is 0 Å². The third-order valence-corrected chi connectivity index (χ3v) is 9.50. The molecule has 0 heterocycles. The molecule has 1 aliphatic rings. The minimum atomic E-state index is -0.735. The summed E-state index contributed by atoms with van der Waals surface area (Å²) >= 11 is 1.63. The minimum Gasteiger partial charge on any atom is -0.449 e. The Morgan fingerprint density at radius 1 is 0.690 bits per heavy atom. The van der Waals surface area contributed by atoms with Crippen LogP contribution in [0.1, 0.15) is 33.7 Å². The molecule has 42 heavy (non-hydrogen) atoms. The van der Waals surface area contributed by atoms with Gasteiger partial charge in [0.2, 0.25) is 0 Å². The van der Waals surface area contributed by atoms with Crippen molar-refractivity contribution in [1.82, 2.24) is 5.32 Å². The number of thioether (sulfide) groups is 1. The van der Waals surface area contributed by atoms with Crippen molar-refractivity contribution in [3.63, 3.8) is 0 Å². The number of carbonyl (C=O) groups is 2. The minimum absolute atomic E-state index is 0.0471. The van der Waals surface area contributed by atoms with Crippen molar-refractivity contribution in [2.24, 2.45) is 0 Å². The summed E-state index contributed by atoms with van der Waals surface area (Å²) in [4.78, 5) is 25.3. The van der Waals surface area contributed by atoms with Gasteiger partial charge in [-0.15, -0.1) is 11.8 Å². The SMILES string of the molecule is O=C[C@@H](CSC(c1ccccc1)(c1ccccc1)c1ccccc1)NC(=O)OCC1c2ccccc2-c2ccccc21. The van der Waals surface area contributed by atoms with Gasteiger partial charge in [0.05, 0.1) is 10.8 Å². The summed E-state index contributed by atoms with van der Waals surface area (Å²) < 4.78 is 5.15. The Morgan fingerprint density at radius 3 is 1.57 bits per heavy atom. The molecule has 0 unspecified atom stereocenters. The first-order chi connectivity index (χ1) is 20.7. The monoisotopic (exact) mass is 569 g/mol. The maximum Gasteiger partial charge on any atom is 0.407 e. The highest BCUT2D eigenvalue weighted by molar-refractivity contribution is 8.00. The molecular weight excluding hydrogens is 538 g/mol. The summed E-state index contributed by atoms with van der Waals surface area (Å²) in [7, 11) is 0. The first-order valence-corrected chi connectivity index (χ1v) is 15.1. The van der Waals surface area contributed by atoms with Crippen LogP contribution in [-0.2, 0) is 14.3 Å². The van der Waals surface area contributed by atoms with Gasteiger partial charge in [-0.05, 0) is 38.9 Å². The normalized spacial score (nSPS) is 13.0. The van der Waals surface area contributed by atoms with Crippen molar-refractivity contribution in [1.29, 1.82) is 0 Å². The summed E-state index contributed by atoms with van der Waals surface area (Å²) in [5.74, 6) is 0.306. The number of rotatable bonds is 10. The van der Waals surface area contributed by atoms with Crippen LogP contribution in [0, 0.1) is 0 Å². The smallest absolute Gasteiger partial charge is 0.407 e. The van der Waals surface area contributed by atoms with Crippen molar-refractivity contribution < 1.29 is 14.3 Å². The fourth-order valence-corrected chi connectivity index (χ4v) is 7.39. The van der Waals surface area contributed by atoms with E-state index >= 15 is 0 Å². The molecule has 5 aromatic rings. The maximum atomic E-state index is 13.0. The number of amides is 1. The Balaban J connectivity index is 1.21. The molecule has 0 bridgehead atoms. The molecule has 0 saturated heterocycles. The number of nitrogens with one attached hydrogen (secondary N) is 1. The second kappa shape index (κ2) is 12.5. The second-order valence-corrected chi connectivity index (χ2v) is 11.5. The van der Waals surface area contributed by atoms with E-state index in [4.69, 9.17) is 4.74 Å². The molecular formula is C37H31NO3S. The van der Waals surface area contributed by atoms with Gasteiger partial charge in [0.1, 0.15) is 12.9 Å². The van der Waals surface area contributed by atoms with Gasteiger partial charge in [-0.25, -0.2) is 4.79 Å². The Morgan fingerprint density at radius 2 is 1.12 bits per heavy atom. The molecule has 0 fully saturated rings. The summed E-state index contributed by atoms with van der Waals surface area (Å²) in [6.45, 7) is 0.195. The van der Waals surface area contributed by atoms with Gasteiger partial charge < -0.3 is 14.8 Å². The van der Waals surface area contributed by atoms with Gasteiger partial charge in [0, 0.05) is 11.7 Å². The number of fused-ring (bicyclic) bond motifs is 3. The number of ether oxygens (including phenoxy) is 1. The van der Waals surface area contributed by atoms with Gasteiger partial charge in [-0.1, -0.05) is 140 Å². The van der Waals surface area contributed by atoms with Gasteiger partial charge in [0.25, 0.3) is 0 Å². The molecule has 1 N–H and O–H groups in total. The molecule has 0 saturated carbocycles. The van der Waals surface area contributed by atoms with E-state index < -0.39 is 16.9 Å².